The van der Waals surface area contributed by atoms with Gasteiger partial charge in [-0.15, -0.1) is 0 Å². The second-order valence-electron chi connectivity index (χ2n) is 7.20. The van der Waals surface area contributed by atoms with Crippen LogP contribution < -0.4 is 10.1 Å². The van der Waals surface area contributed by atoms with E-state index in [1.54, 1.807) is 22.1 Å². The summed E-state index contributed by atoms with van der Waals surface area (Å²) in [5, 5.41) is 8.51. The lowest BCUT2D eigenvalue weighted by Crippen LogP contribution is -2.24. The van der Waals surface area contributed by atoms with Crippen molar-refractivity contribution in [3.05, 3.63) is 78.0 Å². The van der Waals surface area contributed by atoms with Gasteiger partial charge < -0.3 is 10.1 Å². The van der Waals surface area contributed by atoms with E-state index in [1.165, 1.54) is 0 Å². The van der Waals surface area contributed by atoms with Gasteiger partial charge in [-0.2, -0.15) is 9.78 Å². The topological polar surface area (TPSA) is 69.0 Å². The summed E-state index contributed by atoms with van der Waals surface area (Å²) in [6, 6.07) is 15.9. The molecule has 0 bridgehead atoms. The fourth-order valence-electron chi connectivity index (χ4n) is 3.87. The minimum atomic E-state index is -0.0645. The average molecular weight is 417 g/mol. The number of rotatable bonds is 5. The molecule has 4 aromatic rings. The molecule has 1 atom stereocenters. The Labute approximate surface area is 177 Å². The quantitative estimate of drug-likeness (QED) is 0.473. The molecule has 0 saturated heterocycles. The van der Waals surface area contributed by atoms with Crippen molar-refractivity contribution in [2.24, 2.45) is 0 Å². The molecule has 6 nitrogen and oxygen atoms in total. The van der Waals surface area contributed by atoms with Gasteiger partial charge in [-0.05, 0) is 36.8 Å². The minimum Gasteiger partial charge on any atom is -0.490 e. The molecule has 2 aromatic carbocycles. The third-order valence-electron chi connectivity index (χ3n) is 5.22. The summed E-state index contributed by atoms with van der Waals surface area (Å²) in [6.45, 7) is 6.11. The van der Waals surface area contributed by atoms with Gasteiger partial charge in [-0.25, -0.2) is 4.98 Å². The molecule has 7 heteroatoms. The number of carbonyl (C=O) groups excluding carboxylic acids is 1. The molecule has 1 N–H and O–H groups in total. The number of fused-ring (bicyclic) bond motifs is 2. The van der Waals surface area contributed by atoms with Crippen LogP contribution in [-0.2, 0) is 4.79 Å². The van der Waals surface area contributed by atoms with Crippen LogP contribution in [0.3, 0.4) is 0 Å². The lowest BCUT2D eigenvalue weighted by molar-refractivity contribution is -0.116. The fourth-order valence-corrected chi connectivity index (χ4v) is 4.80. The Morgan fingerprint density at radius 2 is 2.07 bits per heavy atom. The molecule has 0 fully saturated rings. The third-order valence-corrected chi connectivity index (χ3v) is 6.23. The number of anilines is 1. The highest BCUT2D eigenvalue weighted by molar-refractivity contribution is 7.20. The number of amides is 1. The number of aromatic nitrogens is 3. The van der Waals surface area contributed by atoms with Gasteiger partial charge in [0.25, 0.3) is 0 Å². The lowest BCUT2D eigenvalue weighted by Gasteiger charge is -2.24. The molecule has 1 aliphatic rings. The van der Waals surface area contributed by atoms with Crippen LogP contribution in [0.4, 0.5) is 5.82 Å². The molecule has 5 rings (SSSR count). The number of benzene rings is 2. The van der Waals surface area contributed by atoms with E-state index in [-0.39, 0.29) is 11.8 Å². The van der Waals surface area contributed by atoms with Crippen LogP contribution in [0.25, 0.3) is 15.3 Å². The largest absolute Gasteiger partial charge is 0.490 e. The summed E-state index contributed by atoms with van der Waals surface area (Å²) in [4.78, 5) is 17.3. The van der Waals surface area contributed by atoms with Crippen molar-refractivity contribution in [1.29, 1.82) is 0 Å². The van der Waals surface area contributed by atoms with Gasteiger partial charge >= 0.3 is 0 Å². The van der Waals surface area contributed by atoms with Gasteiger partial charge in [0.15, 0.2) is 0 Å². The first-order chi connectivity index (χ1) is 14.6. The van der Waals surface area contributed by atoms with E-state index in [2.05, 4.69) is 11.9 Å². The minimum absolute atomic E-state index is 0.0262. The number of aryl methyl sites for hydroxylation is 1. The second-order valence-corrected chi connectivity index (χ2v) is 8.21. The van der Waals surface area contributed by atoms with Crippen molar-refractivity contribution in [3.8, 4) is 10.9 Å². The highest BCUT2D eigenvalue weighted by Gasteiger charge is 2.33. The Morgan fingerprint density at radius 1 is 1.27 bits per heavy atom. The maximum absolute atomic E-state index is 12.6. The van der Waals surface area contributed by atoms with Crippen LogP contribution in [0.2, 0.25) is 0 Å². The molecule has 1 amide bonds. The summed E-state index contributed by atoms with van der Waals surface area (Å²) in [5.41, 5.74) is 3.91. The zero-order valence-electron chi connectivity index (χ0n) is 16.5. The highest BCUT2D eigenvalue weighted by Crippen LogP contribution is 2.41. The van der Waals surface area contributed by atoms with Crippen molar-refractivity contribution < 1.29 is 9.53 Å². The van der Waals surface area contributed by atoms with E-state index in [9.17, 15) is 4.79 Å². The van der Waals surface area contributed by atoms with E-state index >= 15 is 0 Å². The number of nitrogens with one attached hydrogen (secondary N) is 1. The monoisotopic (exact) mass is 416 g/mol. The first-order valence-electron chi connectivity index (χ1n) is 9.73. The van der Waals surface area contributed by atoms with Crippen molar-refractivity contribution >= 4 is 33.3 Å². The molecular weight excluding hydrogens is 396 g/mol. The molecule has 0 unspecified atom stereocenters. The van der Waals surface area contributed by atoms with Gasteiger partial charge in [0.1, 0.15) is 18.2 Å². The Hall–Kier alpha value is -3.45. The van der Waals surface area contributed by atoms with Gasteiger partial charge in [0.2, 0.25) is 11.0 Å². The number of carbonyl (C=O) groups is 1. The zero-order chi connectivity index (χ0) is 20.7. The molecule has 0 spiro atoms. The van der Waals surface area contributed by atoms with E-state index in [1.807, 2.05) is 55.5 Å². The molecule has 30 heavy (non-hydrogen) atoms. The maximum Gasteiger partial charge on any atom is 0.226 e. The molecule has 150 valence electrons. The fraction of sp³-hybridized carbons (Fsp3) is 0.174. The normalized spacial score (nSPS) is 15.6. The Kier molecular flexibility index (Phi) is 4.59. The van der Waals surface area contributed by atoms with Crippen LogP contribution in [-0.4, -0.2) is 27.3 Å². The standard InChI is InChI=1S/C23H20N4O2S/c1-3-12-29-16-10-8-15(9-11-16)17-13-20(28)25-22-21(17)14(2)26-27(22)23-24-18-6-4-5-7-19(18)30-23/h3-11,17H,1,12-13H2,2H3,(H,25,28)/t17-/m0/s1. The van der Waals surface area contributed by atoms with E-state index < -0.39 is 0 Å². The predicted octanol–water partition coefficient (Wildman–Crippen LogP) is 4.83. The summed E-state index contributed by atoms with van der Waals surface area (Å²) in [6.07, 6.45) is 2.09. The number of hydrogen-bond donors (Lipinski definition) is 1. The average Bonchev–Trinajstić information content (AvgIpc) is 3.33. The number of nitrogens with zero attached hydrogens (tertiary/aromatic N) is 3. The molecule has 3 heterocycles. The molecule has 0 saturated carbocycles. The lowest BCUT2D eigenvalue weighted by atomic mass is 9.86. The molecular formula is C23H20N4O2S. The molecule has 0 aliphatic carbocycles. The van der Waals surface area contributed by atoms with Crippen LogP contribution >= 0.6 is 11.3 Å². The van der Waals surface area contributed by atoms with Crippen molar-refractivity contribution in [1.82, 2.24) is 14.8 Å². The summed E-state index contributed by atoms with van der Waals surface area (Å²) in [7, 11) is 0. The molecule has 2 aromatic heterocycles. The van der Waals surface area contributed by atoms with Gasteiger partial charge in [-0.1, -0.05) is 48.3 Å². The number of ether oxygens (including phenoxy) is 1. The Morgan fingerprint density at radius 3 is 2.83 bits per heavy atom. The Balaban J connectivity index is 1.57. The highest BCUT2D eigenvalue weighted by atomic mass is 32.1. The van der Waals surface area contributed by atoms with E-state index in [0.29, 0.717) is 18.8 Å². The SMILES string of the molecule is C=CCOc1ccc([C@@H]2CC(=O)Nc3c2c(C)nn3-c2nc3ccccc3s2)cc1. The van der Waals surface area contributed by atoms with Gasteiger partial charge in [0, 0.05) is 17.9 Å². The van der Waals surface area contributed by atoms with Crippen LogP contribution in [0.1, 0.15) is 29.2 Å². The summed E-state index contributed by atoms with van der Waals surface area (Å²) in [5.74, 6) is 1.40. The second kappa shape index (κ2) is 7.42. The van der Waals surface area contributed by atoms with Crippen LogP contribution in [0, 0.1) is 6.92 Å². The maximum atomic E-state index is 12.6. The summed E-state index contributed by atoms with van der Waals surface area (Å²) < 4.78 is 8.43. The first kappa shape index (κ1) is 18.6. The van der Waals surface area contributed by atoms with E-state index in [0.717, 1.165) is 37.9 Å². The van der Waals surface area contributed by atoms with E-state index in [4.69, 9.17) is 14.8 Å². The van der Waals surface area contributed by atoms with Crippen LogP contribution in [0.5, 0.6) is 5.75 Å². The number of hydrogen-bond acceptors (Lipinski definition) is 5. The zero-order valence-corrected chi connectivity index (χ0v) is 17.3. The van der Waals surface area contributed by atoms with Crippen molar-refractivity contribution in [3.63, 3.8) is 0 Å². The van der Waals surface area contributed by atoms with Gasteiger partial charge in [-0.3, -0.25) is 4.79 Å². The van der Waals surface area contributed by atoms with Crippen molar-refractivity contribution in [2.75, 3.05) is 11.9 Å². The molecule has 0 radical (unpaired) electrons. The Bertz CT molecular complexity index is 1220. The van der Waals surface area contributed by atoms with Gasteiger partial charge in [0.05, 0.1) is 15.9 Å². The number of para-hydroxylation sites is 1. The third kappa shape index (κ3) is 3.17. The van der Waals surface area contributed by atoms with Crippen molar-refractivity contribution in [2.45, 2.75) is 19.3 Å². The number of thiazole rings is 1. The summed E-state index contributed by atoms with van der Waals surface area (Å²) >= 11 is 1.56. The predicted molar refractivity (Wildman–Crippen MR) is 119 cm³/mol. The van der Waals surface area contributed by atoms with Crippen LogP contribution in [0.15, 0.2) is 61.2 Å². The smallest absolute Gasteiger partial charge is 0.226 e. The molecule has 1 aliphatic heterocycles. The first-order valence-corrected chi connectivity index (χ1v) is 10.5.